The van der Waals surface area contributed by atoms with Crippen LogP contribution in [-0.4, -0.2) is 50.6 Å². The van der Waals surface area contributed by atoms with Crippen LogP contribution in [0, 0.1) is 9.39 Å². The van der Waals surface area contributed by atoms with Crippen molar-refractivity contribution in [1.82, 2.24) is 10.2 Å². The van der Waals surface area contributed by atoms with Crippen LogP contribution in [0.25, 0.3) is 0 Å². The smallest absolute Gasteiger partial charge is 0.255 e. The monoisotopic (exact) mass is 394 g/mol. The first-order chi connectivity index (χ1) is 9.45. The Kier molecular flexibility index (Phi) is 6.86. The van der Waals surface area contributed by atoms with Gasteiger partial charge in [-0.2, -0.15) is 0 Å². The second-order valence-electron chi connectivity index (χ2n) is 4.13. The second-order valence-corrected chi connectivity index (χ2v) is 5.29. The first-order valence-electron chi connectivity index (χ1n) is 5.92. The van der Waals surface area contributed by atoms with Crippen LogP contribution in [0.15, 0.2) is 18.2 Å². The maximum Gasteiger partial charge on any atom is 0.255 e. The Labute approximate surface area is 130 Å². The number of nitrogens with one attached hydrogen (secondary N) is 1. The van der Waals surface area contributed by atoms with Gasteiger partial charge in [-0.25, -0.2) is 4.39 Å². The lowest BCUT2D eigenvalue weighted by Crippen LogP contribution is -2.39. The summed E-state index contributed by atoms with van der Waals surface area (Å²) in [6.45, 7) is 0.751. The summed E-state index contributed by atoms with van der Waals surface area (Å²) in [6.07, 6.45) is 0. The van der Waals surface area contributed by atoms with Crippen LogP contribution in [0.5, 0.6) is 0 Å². The van der Waals surface area contributed by atoms with E-state index in [0.717, 1.165) is 0 Å². The van der Waals surface area contributed by atoms with Gasteiger partial charge in [0.1, 0.15) is 5.82 Å². The topological polar surface area (TPSA) is 58.6 Å². The Hall–Kier alpha value is -1.22. The number of hydrogen-bond donors (Lipinski definition) is 1. The molecule has 0 heterocycles. The van der Waals surface area contributed by atoms with Gasteiger partial charge in [0.15, 0.2) is 0 Å². The maximum atomic E-state index is 13.0. The van der Waals surface area contributed by atoms with Crippen molar-refractivity contribution in [2.75, 3.05) is 33.9 Å². The number of ether oxygens (including phenoxy) is 1. The minimum absolute atomic E-state index is 0.0595. The highest BCUT2D eigenvalue weighted by molar-refractivity contribution is 14.1. The van der Waals surface area contributed by atoms with E-state index in [-0.39, 0.29) is 18.4 Å². The summed E-state index contributed by atoms with van der Waals surface area (Å²) in [5.41, 5.74) is 0.374. The lowest BCUT2D eigenvalue weighted by Gasteiger charge is -2.17. The van der Waals surface area contributed by atoms with Gasteiger partial charge in [-0.3, -0.25) is 9.59 Å². The SMILES string of the molecule is COCCNC(=O)CN(C)C(=O)c1ccc(F)cc1I. The molecular formula is C13H16FIN2O3. The molecule has 2 amide bonds. The van der Waals surface area contributed by atoms with Gasteiger partial charge in [-0.15, -0.1) is 0 Å². The molecule has 20 heavy (non-hydrogen) atoms. The van der Waals surface area contributed by atoms with E-state index >= 15 is 0 Å². The quantitative estimate of drug-likeness (QED) is 0.584. The number of carbonyl (C=O) groups excluding carboxylic acids is 2. The highest BCUT2D eigenvalue weighted by Gasteiger charge is 2.17. The zero-order valence-electron chi connectivity index (χ0n) is 11.3. The van der Waals surface area contributed by atoms with E-state index in [1.54, 1.807) is 0 Å². The van der Waals surface area contributed by atoms with Crippen LogP contribution in [0.2, 0.25) is 0 Å². The third-order valence-electron chi connectivity index (χ3n) is 2.52. The average molecular weight is 394 g/mol. The van der Waals surface area contributed by atoms with Crippen molar-refractivity contribution in [2.24, 2.45) is 0 Å². The lowest BCUT2D eigenvalue weighted by atomic mass is 10.2. The lowest BCUT2D eigenvalue weighted by molar-refractivity contribution is -0.121. The highest BCUT2D eigenvalue weighted by atomic mass is 127. The summed E-state index contributed by atoms with van der Waals surface area (Å²) in [4.78, 5) is 25.0. The van der Waals surface area contributed by atoms with Crippen LogP contribution in [0.3, 0.4) is 0 Å². The molecule has 7 heteroatoms. The minimum Gasteiger partial charge on any atom is -0.383 e. The number of nitrogens with zero attached hydrogens (tertiary/aromatic N) is 1. The third kappa shape index (κ3) is 5.04. The summed E-state index contributed by atoms with van der Waals surface area (Å²) in [7, 11) is 3.07. The average Bonchev–Trinajstić information content (AvgIpc) is 2.38. The molecule has 1 aromatic rings. The van der Waals surface area contributed by atoms with Gasteiger partial charge in [0.25, 0.3) is 5.91 Å². The third-order valence-corrected chi connectivity index (χ3v) is 3.41. The Morgan fingerprint density at radius 2 is 2.15 bits per heavy atom. The van der Waals surface area contributed by atoms with E-state index in [0.29, 0.717) is 22.3 Å². The van der Waals surface area contributed by atoms with Gasteiger partial charge in [0.2, 0.25) is 5.91 Å². The molecule has 5 nitrogen and oxygen atoms in total. The fraction of sp³-hybridized carbons (Fsp3) is 0.385. The predicted octanol–water partition coefficient (Wildman–Crippen LogP) is 1.26. The van der Waals surface area contributed by atoms with Crippen molar-refractivity contribution in [3.8, 4) is 0 Å². The molecule has 110 valence electrons. The summed E-state index contributed by atoms with van der Waals surface area (Å²) in [5.74, 6) is -0.989. The number of methoxy groups -OCH3 is 1. The normalized spacial score (nSPS) is 10.2. The summed E-state index contributed by atoms with van der Waals surface area (Å²) < 4.78 is 18.3. The van der Waals surface area contributed by atoms with Gasteiger partial charge >= 0.3 is 0 Å². The maximum absolute atomic E-state index is 13.0. The van der Waals surface area contributed by atoms with E-state index in [1.165, 1.54) is 37.3 Å². The van der Waals surface area contributed by atoms with Gasteiger partial charge in [-0.05, 0) is 40.8 Å². The largest absolute Gasteiger partial charge is 0.383 e. The number of hydrogen-bond acceptors (Lipinski definition) is 3. The molecule has 0 saturated heterocycles. The van der Waals surface area contributed by atoms with Crippen LogP contribution in [-0.2, 0) is 9.53 Å². The number of rotatable bonds is 6. The second kappa shape index (κ2) is 8.15. The molecule has 0 aliphatic heterocycles. The number of benzene rings is 1. The zero-order chi connectivity index (χ0) is 15.1. The zero-order valence-corrected chi connectivity index (χ0v) is 13.4. The van der Waals surface area contributed by atoms with Crippen molar-refractivity contribution >= 4 is 34.4 Å². The molecule has 1 rings (SSSR count). The Bertz CT molecular complexity index is 497. The molecule has 0 radical (unpaired) electrons. The first-order valence-corrected chi connectivity index (χ1v) is 6.99. The molecule has 0 atom stereocenters. The molecule has 0 aromatic heterocycles. The van der Waals surface area contributed by atoms with Crippen LogP contribution >= 0.6 is 22.6 Å². The molecule has 0 unspecified atom stereocenters. The van der Waals surface area contributed by atoms with Crippen LogP contribution in [0.4, 0.5) is 4.39 Å². The van der Waals surface area contributed by atoms with Crippen molar-refractivity contribution in [2.45, 2.75) is 0 Å². The Morgan fingerprint density at radius 3 is 2.75 bits per heavy atom. The molecule has 0 aliphatic rings. The summed E-state index contributed by atoms with van der Waals surface area (Å²) in [5, 5.41) is 2.62. The molecule has 0 aliphatic carbocycles. The van der Waals surface area contributed by atoms with E-state index in [4.69, 9.17) is 4.74 Å². The van der Waals surface area contributed by atoms with Crippen molar-refractivity contribution < 1.29 is 18.7 Å². The van der Waals surface area contributed by atoms with Crippen molar-refractivity contribution in [3.63, 3.8) is 0 Å². The predicted molar refractivity (Wildman–Crippen MR) is 81.0 cm³/mol. The molecular weight excluding hydrogens is 378 g/mol. The first kappa shape index (κ1) is 16.8. The molecule has 1 aromatic carbocycles. The fourth-order valence-corrected chi connectivity index (χ4v) is 2.21. The molecule has 0 bridgehead atoms. The van der Waals surface area contributed by atoms with E-state index < -0.39 is 5.82 Å². The number of halogens is 2. The summed E-state index contributed by atoms with van der Waals surface area (Å²) in [6, 6.07) is 3.92. The van der Waals surface area contributed by atoms with Crippen LogP contribution < -0.4 is 5.32 Å². The highest BCUT2D eigenvalue weighted by Crippen LogP contribution is 2.15. The van der Waals surface area contributed by atoms with Gasteiger partial charge in [0.05, 0.1) is 18.7 Å². The van der Waals surface area contributed by atoms with E-state index in [1.807, 2.05) is 22.6 Å². The molecule has 0 spiro atoms. The van der Waals surface area contributed by atoms with Gasteiger partial charge in [-0.1, -0.05) is 0 Å². The van der Waals surface area contributed by atoms with Gasteiger partial charge in [0, 0.05) is 24.3 Å². The van der Waals surface area contributed by atoms with Crippen molar-refractivity contribution in [3.05, 3.63) is 33.1 Å². The molecule has 0 saturated carbocycles. The number of likely N-dealkylation sites (N-methyl/N-ethyl adjacent to an activating group) is 1. The van der Waals surface area contributed by atoms with E-state index in [9.17, 15) is 14.0 Å². The standard InChI is InChI=1S/C13H16FIN2O3/c1-17(8-12(18)16-5-6-20-2)13(19)10-4-3-9(14)7-11(10)15/h3-4,7H,5-6,8H2,1-2H3,(H,16,18). The number of amides is 2. The molecule has 1 N–H and O–H groups in total. The Balaban J connectivity index is 2.60. The Morgan fingerprint density at radius 1 is 1.45 bits per heavy atom. The number of carbonyl (C=O) groups is 2. The fourth-order valence-electron chi connectivity index (χ4n) is 1.50. The van der Waals surface area contributed by atoms with Crippen LogP contribution in [0.1, 0.15) is 10.4 Å². The van der Waals surface area contributed by atoms with E-state index in [2.05, 4.69) is 5.32 Å². The van der Waals surface area contributed by atoms with Gasteiger partial charge < -0.3 is 15.0 Å². The summed E-state index contributed by atoms with van der Waals surface area (Å²) >= 11 is 1.89. The minimum atomic E-state index is -0.397. The van der Waals surface area contributed by atoms with Crippen molar-refractivity contribution in [1.29, 1.82) is 0 Å². The molecule has 0 fully saturated rings.